The van der Waals surface area contributed by atoms with Crippen LogP contribution >= 0.6 is 0 Å². The van der Waals surface area contributed by atoms with Crippen LogP contribution < -0.4 is 5.32 Å². The van der Waals surface area contributed by atoms with Gasteiger partial charge >= 0.3 is 0 Å². The van der Waals surface area contributed by atoms with E-state index in [0.29, 0.717) is 11.5 Å². The van der Waals surface area contributed by atoms with Crippen molar-refractivity contribution in [2.75, 3.05) is 19.8 Å². The third-order valence-electron chi connectivity index (χ3n) is 4.09. The lowest BCUT2D eigenvalue weighted by atomic mass is 9.72. The van der Waals surface area contributed by atoms with Crippen LogP contribution in [0.3, 0.4) is 0 Å². The van der Waals surface area contributed by atoms with E-state index in [-0.39, 0.29) is 0 Å². The maximum atomic E-state index is 5.70. The first-order valence-corrected chi connectivity index (χ1v) is 7.45. The summed E-state index contributed by atoms with van der Waals surface area (Å²) in [6.45, 7) is 11.8. The Balaban J connectivity index is 2.68. The van der Waals surface area contributed by atoms with Crippen molar-refractivity contribution >= 4 is 0 Å². The van der Waals surface area contributed by atoms with E-state index >= 15 is 0 Å². The molecule has 0 radical (unpaired) electrons. The minimum Gasteiger partial charge on any atom is -0.380 e. The van der Waals surface area contributed by atoms with E-state index in [1.807, 2.05) is 0 Å². The van der Waals surface area contributed by atoms with E-state index < -0.39 is 0 Å². The molecule has 17 heavy (non-hydrogen) atoms. The number of ether oxygens (including phenoxy) is 1. The predicted molar refractivity (Wildman–Crippen MR) is 74.3 cm³/mol. The van der Waals surface area contributed by atoms with Crippen LogP contribution in [0.5, 0.6) is 0 Å². The zero-order chi connectivity index (χ0) is 12.7. The zero-order valence-electron chi connectivity index (χ0n) is 12.2. The Morgan fingerprint density at radius 1 is 1.18 bits per heavy atom. The average molecular weight is 241 g/mol. The highest BCUT2D eigenvalue weighted by Gasteiger charge is 2.41. The van der Waals surface area contributed by atoms with Crippen LogP contribution in [0.4, 0.5) is 0 Å². The van der Waals surface area contributed by atoms with Gasteiger partial charge in [0.25, 0.3) is 0 Å². The van der Waals surface area contributed by atoms with Crippen molar-refractivity contribution in [2.24, 2.45) is 11.3 Å². The lowest BCUT2D eigenvalue weighted by molar-refractivity contribution is 0.0536. The quantitative estimate of drug-likeness (QED) is 0.701. The summed E-state index contributed by atoms with van der Waals surface area (Å²) in [7, 11) is 0. The van der Waals surface area contributed by atoms with E-state index in [0.717, 1.165) is 25.7 Å². The monoisotopic (exact) mass is 241 g/mol. The van der Waals surface area contributed by atoms with Crippen molar-refractivity contribution in [3.63, 3.8) is 0 Å². The summed E-state index contributed by atoms with van der Waals surface area (Å²) in [5, 5.41) is 3.68. The van der Waals surface area contributed by atoms with Gasteiger partial charge in [-0.3, -0.25) is 0 Å². The Hall–Kier alpha value is -0.0800. The summed E-state index contributed by atoms with van der Waals surface area (Å²) in [5.74, 6) is 0.788. The number of nitrogens with one attached hydrogen (secondary N) is 1. The third kappa shape index (κ3) is 4.26. The maximum absolute atomic E-state index is 5.70. The molecular formula is C15H31NO. The Morgan fingerprint density at radius 3 is 2.29 bits per heavy atom. The minimum absolute atomic E-state index is 0.499. The highest BCUT2D eigenvalue weighted by Crippen LogP contribution is 2.46. The average Bonchev–Trinajstić information content (AvgIpc) is 2.72. The second kappa shape index (κ2) is 7.38. The lowest BCUT2D eigenvalue weighted by Gasteiger charge is -2.39. The normalized spacial score (nSPS) is 21.0. The molecule has 2 heteroatoms. The molecule has 0 aliphatic heterocycles. The molecule has 0 aromatic rings. The number of rotatable bonds is 8. The first-order valence-electron chi connectivity index (χ1n) is 7.45. The van der Waals surface area contributed by atoms with Gasteiger partial charge in [0.2, 0.25) is 0 Å². The van der Waals surface area contributed by atoms with Gasteiger partial charge in [0.05, 0.1) is 6.61 Å². The molecule has 0 spiro atoms. The molecule has 0 aromatic heterocycles. The van der Waals surface area contributed by atoms with Gasteiger partial charge in [0.15, 0.2) is 0 Å². The molecule has 1 unspecified atom stereocenters. The van der Waals surface area contributed by atoms with Crippen molar-refractivity contribution in [2.45, 2.75) is 65.8 Å². The first-order chi connectivity index (χ1) is 8.14. The fraction of sp³-hybridized carbons (Fsp3) is 1.00. The molecule has 1 aliphatic rings. The van der Waals surface area contributed by atoms with Gasteiger partial charge in [-0.2, -0.15) is 0 Å². The number of hydrogen-bond donors (Lipinski definition) is 1. The Morgan fingerprint density at radius 2 is 1.82 bits per heavy atom. The fourth-order valence-electron chi connectivity index (χ4n) is 3.52. The van der Waals surface area contributed by atoms with Crippen LogP contribution in [0.15, 0.2) is 0 Å². The molecule has 1 N–H and O–H groups in total. The van der Waals surface area contributed by atoms with Crippen molar-refractivity contribution < 1.29 is 4.74 Å². The minimum atomic E-state index is 0.499. The molecule has 1 atom stereocenters. The second-order valence-electron chi connectivity index (χ2n) is 5.94. The van der Waals surface area contributed by atoms with Gasteiger partial charge in [0.1, 0.15) is 0 Å². The Kier molecular flexibility index (Phi) is 6.50. The molecule has 0 amide bonds. The van der Waals surface area contributed by atoms with Crippen molar-refractivity contribution in [3.05, 3.63) is 0 Å². The fourth-order valence-corrected chi connectivity index (χ4v) is 3.52. The Labute approximate surface area is 108 Å². The zero-order valence-corrected chi connectivity index (χ0v) is 12.2. The highest BCUT2D eigenvalue weighted by atomic mass is 16.5. The van der Waals surface area contributed by atoms with Gasteiger partial charge in [-0.1, -0.05) is 33.6 Å². The SMILES string of the molecule is CCNC(COCC)C1(CC(C)C)CCCC1. The molecule has 1 fully saturated rings. The smallest absolute Gasteiger partial charge is 0.0624 e. The molecule has 0 bridgehead atoms. The second-order valence-corrected chi connectivity index (χ2v) is 5.94. The molecule has 2 nitrogen and oxygen atoms in total. The van der Waals surface area contributed by atoms with Crippen molar-refractivity contribution in [3.8, 4) is 0 Å². The van der Waals surface area contributed by atoms with Gasteiger partial charge in [0, 0.05) is 12.6 Å². The molecule has 1 saturated carbocycles. The molecule has 102 valence electrons. The van der Waals surface area contributed by atoms with Crippen molar-refractivity contribution in [1.29, 1.82) is 0 Å². The molecule has 0 aromatic carbocycles. The summed E-state index contributed by atoms with van der Waals surface area (Å²) >= 11 is 0. The van der Waals surface area contributed by atoms with Gasteiger partial charge < -0.3 is 10.1 Å². The van der Waals surface area contributed by atoms with Gasteiger partial charge in [-0.05, 0) is 44.1 Å². The molecule has 0 heterocycles. The number of likely N-dealkylation sites (N-methyl/N-ethyl adjacent to an activating group) is 1. The van der Waals surface area contributed by atoms with E-state index in [9.17, 15) is 0 Å². The Bertz CT molecular complexity index is 197. The summed E-state index contributed by atoms with van der Waals surface area (Å²) in [5.41, 5.74) is 0.499. The summed E-state index contributed by atoms with van der Waals surface area (Å²) in [6.07, 6.45) is 6.92. The van der Waals surface area contributed by atoms with E-state index in [2.05, 4.69) is 33.0 Å². The van der Waals surface area contributed by atoms with Gasteiger partial charge in [-0.15, -0.1) is 0 Å². The van der Waals surface area contributed by atoms with Crippen LogP contribution in [0.25, 0.3) is 0 Å². The first kappa shape index (κ1) is 15.0. The third-order valence-corrected chi connectivity index (χ3v) is 4.09. The van der Waals surface area contributed by atoms with Crippen LogP contribution in [-0.2, 0) is 4.74 Å². The molecule has 1 aliphatic carbocycles. The summed E-state index contributed by atoms with van der Waals surface area (Å²) in [4.78, 5) is 0. The van der Waals surface area contributed by atoms with Crippen LogP contribution in [-0.4, -0.2) is 25.8 Å². The van der Waals surface area contributed by atoms with E-state index in [4.69, 9.17) is 4.74 Å². The molecular weight excluding hydrogens is 210 g/mol. The summed E-state index contributed by atoms with van der Waals surface area (Å²) < 4.78 is 5.70. The lowest BCUT2D eigenvalue weighted by Crippen LogP contribution is -2.47. The number of hydrogen-bond acceptors (Lipinski definition) is 2. The van der Waals surface area contributed by atoms with Crippen LogP contribution in [0, 0.1) is 11.3 Å². The standard InChI is InChI=1S/C15H31NO/c1-5-16-14(12-17-6-2)15(11-13(3)4)9-7-8-10-15/h13-14,16H,5-12H2,1-4H3. The maximum Gasteiger partial charge on any atom is 0.0624 e. The highest BCUT2D eigenvalue weighted by molar-refractivity contribution is 4.95. The van der Waals surface area contributed by atoms with E-state index in [1.165, 1.54) is 32.1 Å². The largest absolute Gasteiger partial charge is 0.380 e. The van der Waals surface area contributed by atoms with Crippen LogP contribution in [0.1, 0.15) is 59.8 Å². The van der Waals surface area contributed by atoms with Crippen molar-refractivity contribution in [1.82, 2.24) is 5.32 Å². The predicted octanol–water partition coefficient (Wildman–Crippen LogP) is 3.61. The topological polar surface area (TPSA) is 21.3 Å². The van der Waals surface area contributed by atoms with Crippen LogP contribution in [0.2, 0.25) is 0 Å². The van der Waals surface area contributed by atoms with Gasteiger partial charge in [-0.25, -0.2) is 0 Å². The summed E-state index contributed by atoms with van der Waals surface area (Å²) in [6, 6.07) is 0.553. The van der Waals surface area contributed by atoms with E-state index in [1.54, 1.807) is 0 Å². The molecule has 1 rings (SSSR count). The molecule has 0 saturated heterocycles.